The fraction of sp³-hybridized carbons (Fsp3) is 0.667. The number of aryl methyl sites for hydroxylation is 1. The van der Waals surface area contributed by atoms with Crippen molar-refractivity contribution in [2.45, 2.75) is 95.6 Å². The number of carbonyl (C=O) groups excluding carboxylic acids is 3. The van der Waals surface area contributed by atoms with Gasteiger partial charge in [-0.25, -0.2) is 9.42 Å². The minimum Gasteiger partial charge on any atom is -0.338 e. The van der Waals surface area contributed by atoms with E-state index in [0.29, 0.717) is 23.4 Å². The third kappa shape index (κ3) is 4.90. The van der Waals surface area contributed by atoms with Gasteiger partial charge >= 0.3 is 6.03 Å². The van der Waals surface area contributed by atoms with Gasteiger partial charge < -0.3 is 20.9 Å². The van der Waals surface area contributed by atoms with E-state index < -0.39 is 11.9 Å². The summed E-state index contributed by atoms with van der Waals surface area (Å²) in [5, 5.41) is 17.0. The number of hydrogen-bond donors (Lipinski definition) is 3. The molecule has 4 saturated carbocycles. The van der Waals surface area contributed by atoms with E-state index in [-0.39, 0.29) is 34.5 Å². The van der Waals surface area contributed by atoms with E-state index in [9.17, 15) is 14.4 Å². The molecular formula is C33H42N6O4. The van der Waals surface area contributed by atoms with Crippen LogP contribution in [0.15, 0.2) is 22.8 Å². The molecule has 5 fully saturated rings. The number of fused-ring (bicyclic) bond motifs is 1. The lowest BCUT2D eigenvalue weighted by Gasteiger charge is -2.49. The summed E-state index contributed by atoms with van der Waals surface area (Å²) in [7, 11) is 0. The molecule has 1 aliphatic heterocycles. The SMILES string of the molecule is Cc1nonc1C(=O)N[C@H](C(=O)Nc1ccc2c(c1)CC(C1CCCC1)(N1CC3(CC3)CNC1=O)C2)C(C1CC1)C1CC1. The molecule has 6 aliphatic rings. The highest BCUT2D eigenvalue weighted by molar-refractivity contribution is 6.01. The summed E-state index contributed by atoms with van der Waals surface area (Å²) < 4.78 is 4.76. The molecule has 10 nitrogen and oxygen atoms in total. The van der Waals surface area contributed by atoms with E-state index in [0.717, 1.165) is 57.3 Å². The van der Waals surface area contributed by atoms with E-state index in [4.69, 9.17) is 4.63 Å². The van der Waals surface area contributed by atoms with Gasteiger partial charge in [-0.1, -0.05) is 24.1 Å². The minimum atomic E-state index is -0.652. The van der Waals surface area contributed by atoms with Crippen LogP contribution >= 0.6 is 0 Å². The Balaban J connectivity index is 1.05. The molecule has 2 heterocycles. The fourth-order valence-corrected chi connectivity index (χ4v) is 8.71. The zero-order chi connectivity index (χ0) is 29.3. The van der Waals surface area contributed by atoms with Gasteiger partial charge in [0.05, 0.1) is 5.54 Å². The first-order valence-corrected chi connectivity index (χ1v) is 16.4. The van der Waals surface area contributed by atoms with Gasteiger partial charge in [0, 0.05) is 24.2 Å². The molecule has 1 aromatic carbocycles. The number of hydrogen-bond acceptors (Lipinski definition) is 6. The van der Waals surface area contributed by atoms with Crippen molar-refractivity contribution >= 4 is 23.5 Å². The van der Waals surface area contributed by atoms with Crippen LogP contribution in [-0.4, -0.2) is 57.7 Å². The maximum atomic E-state index is 14.0. The van der Waals surface area contributed by atoms with Crippen molar-refractivity contribution in [3.05, 3.63) is 40.7 Å². The van der Waals surface area contributed by atoms with Gasteiger partial charge in [-0.2, -0.15) is 0 Å². The van der Waals surface area contributed by atoms with Crippen molar-refractivity contribution in [3.8, 4) is 0 Å². The van der Waals surface area contributed by atoms with Crippen LogP contribution < -0.4 is 16.0 Å². The summed E-state index contributed by atoms with van der Waals surface area (Å²) in [6.07, 6.45) is 13.3. The summed E-state index contributed by atoms with van der Waals surface area (Å²) in [5.41, 5.74) is 3.83. The highest BCUT2D eigenvalue weighted by atomic mass is 16.6. The molecule has 3 N–H and O–H groups in total. The van der Waals surface area contributed by atoms with Crippen LogP contribution in [0.25, 0.3) is 0 Å². The Morgan fingerprint density at radius 2 is 1.74 bits per heavy atom. The Bertz CT molecular complexity index is 1440. The van der Waals surface area contributed by atoms with E-state index >= 15 is 0 Å². The van der Waals surface area contributed by atoms with Crippen LogP contribution in [-0.2, 0) is 17.6 Å². The van der Waals surface area contributed by atoms with Gasteiger partial charge in [0.2, 0.25) is 5.91 Å². The Morgan fingerprint density at radius 3 is 2.40 bits per heavy atom. The third-order valence-electron chi connectivity index (χ3n) is 11.6. The van der Waals surface area contributed by atoms with Crippen LogP contribution in [0.3, 0.4) is 0 Å². The van der Waals surface area contributed by atoms with Crippen LogP contribution in [0.1, 0.15) is 91.5 Å². The smallest absolute Gasteiger partial charge is 0.317 e. The van der Waals surface area contributed by atoms with Crippen LogP contribution in [0.5, 0.6) is 0 Å². The first-order valence-electron chi connectivity index (χ1n) is 16.4. The van der Waals surface area contributed by atoms with E-state index in [1.165, 1.54) is 49.7 Å². The Kier molecular flexibility index (Phi) is 6.35. The highest BCUT2D eigenvalue weighted by Crippen LogP contribution is 2.53. The number of benzene rings is 1. The summed E-state index contributed by atoms with van der Waals surface area (Å²) in [4.78, 5) is 42.7. The zero-order valence-corrected chi connectivity index (χ0v) is 25.0. The number of nitrogens with zero attached hydrogens (tertiary/aromatic N) is 3. The van der Waals surface area contributed by atoms with Crippen molar-refractivity contribution in [2.24, 2.45) is 29.1 Å². The van der Waals surface area contributed by atoms with Gasteiger partial charge in [-0.05, 0) is 123 Å². The first-order chi connectivity index (χ1) is 20.8. The second-order valence-corrected chi connectivity index (χ2v) is 14.6. The number of nitrogens with one attached hydrogen (secondary N) is 3. The lowest BCUT2D eigenvalue weighted by atomic mass is 9.77. The topological polar surface area (TPSA) is 129 Å². The molecule has 1 unspecified atom stereocenters. The number of aromatic nitrogens is 2. The third-order valence-corrected chi connectivity index (χ3v) is 11.6. The Labute approximate surface area is 252 Å². The monoisotopic (exact) mass is 586 g/mol. The molecule has 1 aromatic heterocycles. The molecule has 10 heteroatoms. The number of urea groups is 1. The second kappa shape index (κ2) is 10.1. The zero-order valence-electron chi connectivity index (χ0n) is 25.0. The van der Waals surface area contributed by atoms with Crippen molar-refractivity contribution in [1.82, 2.24) is 25.8 Å². The predicted octanol–water partition coefficient (Wildman–Crippen LogP) is 4.38. The number of anilines is 1. The largest absolute Gasteiger partial charge is 0.338 e. The van der Waals surface area contributed by atoms with Crippen molar-refractivity contribution < 1.29 is 19.0 Å². The van der Waals surface area contributed by atoms with E-state index in [1.807, 2.05) is 6.07 Å². The second-order valence-electron chi connectivity index (χ2n) is 14.6. The molecular weight excluding hydrogens is 544 g/mol. The molecule has 2 atom stereocenters. The molecule has 0 radical (unpaired) electrons. The van der Waals surface area contributed by atoms with Gasteiger partial charge in [0.1, 0.15) is 11.7 Å². The molecule has 0 bridgehead atoms. The molecule has 1 saturated heterocycles. The van der Waals surface area contributed by atoms with Gasteiger partial charge in [0.25, 0.3) is 5.91 Å². The van der Waals surface area contributed by atoms with Crippen molar-refractivity contribution in [2.75, 3.05) is 18.4 Å². The lowest BCUT2D eigenvalue weighted by Crippen LogP contribution is -2.64. The summed E-state index contributed by atoms with van der Waals surface area (Å²) in [6, 6.07) is 5.70. The molecule has 5 aliphatic carbocycles. The minimum absolute atomic E-state index is 0.0908. The molecule has 8 rings (SSSR count). The quantitative estimate of drug-likeness (QED) is 0.400. The number of carbonyl (C=O) groups is 3. The molecule has 2 aromatic rings. The summed E-state index contributed by atoms with van der Waals surface area (Å²) >= 11 is 0. The highest BCUT2D eigenvalue weighted by Gasteiger charge is 2.57. The standard InChI is InChI=1S/C33H42N6O4/c1-19-27(38-43-37-19)29(40)36-28(26(20-6-7-20)21-8-9-21)30(41)35-25-11-10-22-15-33(16-23(22)14-25,24-4-2-3-5-24)39-18-32(12-13-32)17-34-31(39)42/h10-11,14,20-21,24,26,28H,2-9,12-13,15-18H2,1H3,(H,34,42)(H,35,41)(H,36,40)/t28-,33?/m0/s1. The van der Waals surface area contributed by atoms with Crippen LogP contribution in [0, 0.1) is 36.0 Å². The predicted molar refractivity (Wildman–Crippen MR) is 158 cm³/mol. The number of rotatable bonds is 9. The van der Waals surface area contributed by atoms with E-state index in [2.05, 4.69) is 43.3 Å². The maximum absolute atomic E-state index is 14.0. The van der Waals surface area contributed by atoms with Crippen molar-refractivity contribution in [1.29, 1.82) is 0 Å². The fourth-order valence-electron chi connectivity index (χ4n) is 8.71. The molecule has 4 amide bonds. The molecule has 1 spiro atoms. The Morgan fingerprint density at radius 1 is 1.02 bits per heavy atom. The maximum Gasteiger partial charge on any atom is 0.317 e. The average molecular weight is 587 g/mol. The van der Waals surface area contributed by atoms with E-state index in [1.54, 1.807) is 6.92 Å². The summed E-state index contributed by atoms with van der Waals surface area (Å²) in [6.45, 7) is 3.34. The molecule has 228 valence electrons. The van der Waals surface area contributed by atoms with Crippen LogP contribution in [0.2, 0.25) is 0 Å². The number of amides is 4. The summed E-state index contributed by atoms with van der Waals surface area (Å²) in [5.74, 6) is 0.909. The molecule has 43 heavy (non-hydrogen) atoms. The average Bonchev–Trinajstić information content (AvgIpc) is 3.97. The van der Waals surface area contributed by atoms with Gasteiger partial charge in [-0.3, -0.25) is 9.59 Å². The first kappa shape index (κ1) is 27.1. The van der Waals surface area contributed by atoms with Crippen molar-refractivity contribution in [3.63, 3.8) is 0 Å². The van der Waals surface area contributed by atoms with Crippen LogP contribution in [0.4, 0.5) is 10.5 Å². The van der Waals surface area contributed by atoms with Gasteiger partial charge in [0.15, 0.2) is 5.69 Å². The Hall–Kier alpha value is -3.43. The normalized spacial score (nSPS) is 26.8. The van der Waals surface area contributed by atoms with Gasteiger partial charge in [-0.15, -0.1) is 0 Å². The lowest BCUT2D eigenvalue weighted by molar-refractivity contribution is -0.119.